The van der Waals surface area contributed by atoms with Gasteiger partial charge in [0.15, 0.2) is 5.82 Å². The lowest BCUT2D eigenvalue weighted by Gasteiger charge is -2.24. The van der Waals surface area contributed by atoms with Gasteiger partial charge in [-0.1, -0.05) is 6.07 Å². The van der Waals surface area contributed by atoms with Gasteiger partial charge in [-0.05, 0) is 18.2 Å². The summed E-state index contributed by atoms with van der Waals surface area (Å²) in [6.07, 6.45) is 3.33. The zero-order valence-corrected chi connectivity index (χ0v) is 15.9. The quantitative estimate of drug-likeness (QED) is 0.701. The molecule has 1 atom stereocenters. The number of fused-ring (bicyclic) bond motifs is 1. The number of hydrogen-bond donors (Lipinski definition) is 2. The molecule has 0 spiro atoms. The van der Waals surface area contributed by atoms with Gasteiger partial charge in [0.2, 0.25) is 0 Å². The highest BCUT2D eigenvalue weighted by molar-refractivity contribution is 5.88. The first kappa shape index (κ1) is 18.5. The van der Waals surface area contributed by atoms with Crippen LogP contribution in [0.15, 0.2) is 36.7 Å². The van der Waals surface area contributed by atoms with Gasteiger partial charge in [-0.25, -0.2) is 14.4 Å². The summed E-state index contributed by atoms with van der Waals surface area (Å²) in [5.74, 6) is 0.326. The van der Waals surface area contributed by atoms with Crippen molar-refractivity contribution in [2.45, 2.75) is 6.10 Å². The smallest absolute Gasteiger partial charge is 0.154 e. The van der Waals surface area contributed by atoms with Gasteiger partial charge < -0.3 is 20.3 Å². The van der Waals surface area contributed by atoms with Crippen molar-refractivity contribution in [2.24, 2.45) is 0 Å². The summed E-state index contributed by atoms with van der Waals surface area (Å²) < 4.78 is 20.2. The molecular formula is C20H23FN6O. The van der Waals surface area contributed by atoms with Crippen molar-refractivity contribution in [1.29, 1.82) is 0 Å². The van der Waals surface area contributed by atoms with Crippen LogP contribution in [-0.4, -0.2) is 61.4 Å². The van der Waals surface area contributed by atoms with Crippen molar-refractivity contribution >= 4 is 22.5 Å². The molecule has 0 saturated carbocycles. The summed E-state index contributed by atoms with van der Waals surface area (Å²) in [6, 6.07) is 6.94. The maximum absolute atomic E-state index is 14.5. The third-order valence-corrected chi connectivity index (χ3v) is 4.68. The van der Waals surface area contributed by atoms with E-state index in [-0.39, 0.29) is 11.9 Å². The van der Waals surface area contributed by atoms with E-state index < -0.39 is 0 Å². The van der Waals surface area contributed by atoms with E-state index >= 15 is 0 Å². The molecule has 1 saturated heterocycles. The van der Waals surface area contributed by atoms with Gasteiger partial charge in [0, 0.05) is 51.7 Å². The molecule has 0 bridgehead atoms. The van der Waals surface area contributed by atoms with Crippen LogP contribution < -0.4 is 15.5 Å². The minimum absolute atomic E-state index is 0.0581. The number of morpholine rings is 1. The maximum atomic E-state index is 14.5. The molecule has 7 nitrogen and oxygen atoms in total. The topological polar surface area (TPSA) is 75.2 Å². The summed E-state index contributed by atoms with van der Waals surface area (Å²) in [5, 5.41) is 6.64. The van der Waals surface area contributed by atoms with Crippen LogP contribution in [0.3, 0.4) is 0 Å². The second kappa shape index (κ2) is 8.04. The second-order valence-corrected chi connectivity index (χ2v) is 6.92. The Morgan fingerprint density at radius 3 is 2.86 bits per heavy atom. The van der Waals surface area contributed by atoms with E-state index in [0.29, 0.717) is 46.9 Å². The number of nitrogens with one attached hydrogen (secondary N) is 2. The Kier molecular flexibility index (Phi) is 5.31. The van der Waals surface area contributed by atoms with Gasteiger partial charge in [0.25, 0.3) is 0 Å². The number of aromatic nitrogens is 3. The maximum Gasteiger partial charge on any atom is 0.154 e. The first-order valence-corrected chi connectivity index (χ1v) is 9.27. The van der Waals surface area contributed by atoms with E-state index in [1.54, 1.807) is 23.4 Å². The molecule has 1 aliphatic heterocycles. The Morgan fingerprint density at radius 2 is 2.11 bits per heavy atom. The lowest BCUT2D eigenvalue weighted by molar-refractivity contribution is 0.0372. The normalized spacial score (nSPS) is 16.9. The summed E-state index contributed by atoms with van der Waals surface area (Å²) >= 11 is 0. The van der Waals surface area contributed by atoms with Crippen LogP contribution in [0, 0.1) is 5.82 Å². The lowest BCUT2D eigenvalue weighted by Crippen LogP contribution is -2.42. The molecule has 1 fully saturated rings. The van der Waals surface area contributed by atoms with Crippen LogP contribution in [0.1, 0.15) is 0 Å². The third-order valence-electron chi connectivity index (χ3n) is 4.68. The Balaban J connectivity index is 1.68. The molecule has 0 amide bonds. The standard InChI is InChI=1S/C20H23FN6O/c1-27(2)18-4-3-13(9-15(18)21)16-10-17-19(24-6-5-23-17)20(26-16)25-12-14-11-22-7-8-28-14/h3-6,9-10,14,22H,7-8,11-12H2,1-2H3,(H,25,26). The van der Waals surface area contributed by atoms with Gasteiger partial charge in [0.05, 0.1) is 29.6 Å². The number of benzene rings is 1. The minimum atomic E-state index is -0.292. The fourth-order valence-corrected chi connectivity index (χ4v) is 3.23. The number of hydrogen-bond acceptors (Lipinski definition) is 7. The van der Waals surface area contributed by atoms with E-state index in [9.17, 15) is 4.39 Å². The largest absolute Gasteiger partial charge is 0.375 e. The summed E-state index contributed by atoms with van der Waals surface area (Å²) in [6.45, 7) is 2.95. The van der Waals surface area contributed by atoms with Crippen molar-refractivity contribution in [3.8, 4) is 11.3 Å². The number of pyridine rings is 1. The highest BCUT2D eigenvalue weighted by atomic mass is 19.1. The molecule has 8 heteroatoms. The Bertz CT molecular complexity index is 974. The van der Waals surface area contributed by atoms with Crippen molar-refractivity contribution in [3.05, 3.63) is 42.5 Å². The van der Waals surface area contributed by atoms with E-state index in [1.165, 1.54) is 6.07 Å². The highest BCUT2D eigenvalue weighted by Gasteiger charge is 2.16. The van der Waals surface area contributed by atoms with Crippen molar-refractivity contribution in [3.63, 3.8) is 0 Å². The van der Waals surface area contributed by atoms with Crippen LogP contribution in [-0.2, 0) is 4.74 Å². The van der Waals surface area contributed by atoms with Gasteiger partial charge in [-0.3, -0.25) is 4.98 Å². The molecule has 146 valence electrons. The van der Waals surface area contributed by atoms with Crippen LogP contribution in [0.2, 0.25) is 0 Å². The van der Waals surface area contributed by atoms with Gasteiger partial charge in [-0.2, -0.15) is 0 Å². The van der Waals surface area contributed by atoms with Crippen molar-refractivity contribution in [1.82, 2.24) is 20.3 Å². The zero-order chi connectivity index (χ0) is 19.5. The average Bonchev–Trinajstić information content (AvgIpc) is 2.72. The minimum Gasteiger partial charge on any atom is -0.375 e. The molecule has 1 aliphatic rings. The monoisotopic (exact) mass is 382 g/mol. The molecule has 4 rings (SSSR count). The molecule has 2 aromatic heterocycles. The summed E-state index contributed by atoms with van der Waals surface area (Å²) in [7, 11) is 3.62. The Morgan fingerprint density at radius 1 is 1.25 bits per heavy atom. The highest BCUT2D eigenvalue weighted by Crippen LogP contribution is 2.28. The van der Waals surface area contributed by atoms with Crippen LogP contribution in [0.5, 0.6) is 0 Å². The predicted molar refractivity (Wildman–Crippen MR) is 108 cm³/mol. The van der Waals surface area contributed by atoms with Crippen LogP contribution in [0.4, 0.5) is 15.9 Å². The van der Waals surface area contributed by atoms with E-state index in [4.69, 9.17) is 9.72 Å². The lowest BCUT2D eigenvalue weighted by atomic mass is 10.1. The molecule has 3 heterocycles. The molecule has 0 aliphatic carbocycles. The second-order valence-electron chi connectivity index (χ2n) is 6.92. The fraction of sp³-hybridized carbons (Fsp3) is 0.350. The fourth-order valence-electron chi connectivity index (χ4n) is 3.23. The number of halogens is 1. The van der Waals surface area contributed by atoms with E-state index in [1.807, 2.05) is 26.2 Å². The van der Waals surface area contributed by atoms with Crippen molar-refractivity contribution in [2.75, 3.05) is 50.6 Å². The number of ether oxygens (including phenoxy) is 1. The summed E-state index contributed by atoms with van der Waals surface area (Å²) in [4.78, 5) is 15.3. The SMILES string of the molecule is CN(C)c1ccc(-c2cc3nccnc3c(NCC3CNCCO3)n2)cc1F. The molecule has 2 N–H and O–H groups in total. The zero-order valence-electron chi connectivity index (χ0n) is 15.9. The third kappa shape index (κ3) is 3.88. The number of anilines is 2. The molecule has 1 unspecified atom stereocenters. The van der Waals surface area contributed by atoms with Crippen molar-refractivity contribution < 1.29 is 9.13 Å². The van der Waals surface area contributed by atoms with E-state index in [2.05, 4.69) is 20.6 Å². The Hall–Kier alpha value is -2.84. The van der Waals surface area contributed by atoms with Gasteiger partial charge >= 0.3 is 0 Å². The first-order chi connectivity index (χ1) is 13.6. The predicted octanol–water partition coefficient (Wildman–Crippen LogP) is 2.30. The molecule has 1 aromatic carbocycles. The van der Waals surface area contributed by atoms with Crippen LogP contribution in [0.25, 0.3) is 22.3 Å². The van der Waals surface area contributed by atoms with E-state index in [0.717, 1.165) is 13.1 Å². The Labute approximate surface area is 163 Å². The summed E-state index contributed by atoms with van der Waals surface area (Å²) in [5.41, 5.74) is 3.25. The van der Waals surface area contributed by atoms with Gasteiger partial charge in [-0.15, -0.1) is 0 Å². The first-order valence-electron chi connectivity index (χ1n) is 9.27. The molecule has 28 heavy (non-hydrogen) atoms. The number of rotatable bonds is 5. The number of nitrogens with zero attached hydrogens (tertiary/aromatic N) is 4. The molecular weight excluding hydrogens is 359 g/mol. The average molecular weight is 382 g/mol. The molecule has 0 radical (unpaired) electrons. The van der Waals surface area contributed by atoms with Crippen LogP contribution >= 0.6 is 0 Å². The molecule has 3 aromatic rings. The van der Waals surface area contributed by atoms with Gasteiger partial charge in [0.1, 0.15) is 11.3 Å².